The lowest BCUT2D eigenvalue weighted by Gasteiger charge is -2.09. The van der Waals surface area contributed by atoms with Gasteiger partial charge < -0.3 is 9.47 Å². The van der Waals surface area contributed by atoms with Gasteiger partial charge in [0.25, 0.3) is 5.56 Å². The van der Waals surface area contributed by atoms with E-state index < -0.39 is 0 Å². The monoisotopic (exact) mass is 476 g/mol. The van der Waals surface area contributed by atoms with Crippen LogP contribution in [0.1, 0.15) is 17.5 Å². The molecule has 5 nitrogen and oxygen atoms in total. The lowest BCUT2D eigenvalue weighted by Crippen LogP contribution is -2.22. The minimum absolute atomic E-state index is 0.0418. The maximum atomic E-state index is 12.9. The van der Waals surface area contributed by atoms with Crippen LogP contribution in [0.5, 0.6) is 11.5 Å². The SMILES string of the molecule is Cc1cc(OCCCOc2ccc(C=c3sc4nc5ccccc5n4c3=O)cc2)ccc1Cl. The van der Waals surface area contributed by atoms with E-state index in [2.05, 4.69) is 4.98 Å². The van der Waals surface area contributed by atoms with Crippen molar-refractivity contribution in [2.75, 3.05) is 13.2 Å². The van der Waals surface area contributed by atoms with Gasteiger partial charge in [-0.05, 0) is 66.6 Å². The Morgan fingerprint density at radius 3 is 2.52 bits per heavy atom. The number of hydrogen-bond donors (Lipinski definition) is 0. The van der Waals surface area contributed by atoms with E-state index in [4.69, 9.17) is 21.1 Å². The molecule has 2 heterocycles. The van der Waals surface area contributed by atoms with Crippen LogP contribution in [0.4, 0.5) is 0 Å². The van der Waals surface area contributed by atoms with Crippen LogP contribution >= 0.6 is 22.9 Å². The number of benzene rings is 3. The number of nitrogens with zero attached hydrogens (tertiary/aromatic N) is 2. The molecular formula is C26H21ClN2O3S. The number of fused-ring (bicyclic) bond motifs is 3. The third kappa shape index (κ3) is 4.58. The summed E-state index contributed by atoms with van der Waals surface area (Å²) in [7, 11) is 0. The van der Waals surface area contributed by atoms with Gasteiger partial charge in [0.05, 0.1) is 28.8 Å². The Balaban J connectivity index is 1.20. The molecule has 0 atom stereocenters. The summed E-state index contributed by atoms with van der Waals surface area (Å²) in [6, 6.07) is 21.0. The number of aromatic nitrogens is 2. The van der Waals surface area contributed by atoms with Crippen molar-refractivity contribution in [3.8, 4) is 11.5 Å². The molecule has 0 radical (unpaired) electrons. The normalized spacial score (nSPS) is 12.0. The van der Waals surface area contributed by atoms with Crippen molar-refractivity contribution in [1.82, 2.24) is 9.38 Å². The molecule has 0 aliphatic heterocycles. The predicted molar refractivity (Wildman–Crippen MR) is 134 cm³/mol. The molecule has 33 heavy (non-hydrogen) atoms. The van der Waals surface area contributed by atoms with Crippen LogP contribution in [-0.2, 0) is 0 Å². The molecule has 5 aromatic rings. The minimum Gasteiger partial charge on any atom is -0.493 e. The van der Waals surface area contributed by atoms with Crippen LogP contribution in [0.25, 0.3) is 22.1 Å². The lowest BCUT2D eigenvalue weighted by atomic mass is 10.2. The Hall–Kier alpha value is -3.35. The summed E-state index contributed by atoms with van der Waals surface area (Å²) in [5, 5.41) is 0.736. The molecule has 2 aromatic heterocycles. The fourth-order valence-corrected chi connectivity index (χ4v) is 4.67. The number of para-hydroxylation sites is 2. The number of ether oxygens (including phenoxy) is 2. The number of imidazole rings is 1. The average molecular weight is 477 g/mol. The van der Waals surface area contributed by atoms with Gasteiger partial charge >= 0.3 is 0 Å². The van der Waals surface area contributed by atoms with Crippen molar-refractivity contribution in [2.45, 2.75) is 13.3 Å². The first kappa shape index (κ1) is 21.5. The van der Waals surface area contributed by atoms with Gasteiger partial charge in [-0.1, -0.05) is 47.2 Å². The molecule has 5 rings (SSSR count). The smallest absolute Gasteiger partial charge is 0.274 e. The fraction of sp³-hybridized carbons (Fsp3) is 0.154. The molecule has 0 N–H and O–H groups in total. The molecule has 0 spiro atoms. The van der Waals surface area contributed by atoms with E-state index in [0.717, 1.165) is 45.1 Å². The van der Waals surface area contributed by atoms with E-state index >= 15 is 0 Å². The van der Waals surface area contributed by atoms with E-state index in [1.54, 1.807) is 4.40 Å². The molecular weight excluding hydrogens is 456 g/mol. The molecule has 0 saturated heterocycles. The number of thiazole rings is 1. The molecule has 0 bridgehead atoms. The second-order valence-electron chi connectivity index (χ2n) is 7.66. The summed E-state index contributed by atoms with van der Waals surface area (Å²) >= 11 is 7.43. The maximum absolute atomic E-state index is 12.9. The van der Waals surface area contributed by atoms with E-state index in [1.807, 2.05) is 79.7 Å². The van der Waals surface area contributed by atoms with Crippen LogP contribution < -0.4 is 19.6 Å². The highest BCUT2D eigenvalue weighted by molar-refractivity contribution is 7.15. The van der Waals surface area contributed by atoms with Crippen molar-refractivity contribution in [2.24, 2.45) is 0 Å². The van der Waals surface area contributed by atoms with E-state index in [0.29, 0.717) is 22.7 Å². The quantitative estimate of drug-likeness (QED) is 0.300. The van der Waals surface area contributed by atoms with Crippen LogP contribution in [0.3, 0.4) is 0 Å². The molecule has 3 aromatic carbocycles. The number of hydrogen-bond acceptors (Lipinski definition) is 5. The number of aryl methyl sites for hydroxylation is 1. The maximum Gasteiger partial charge on any atom is 0.274 e. The van der Waals surface area contributed by atoms with Gasteiger partial charge in [0.1, 0.15) is 11.5 Å². The third-order valence-corrected chi connectivity index (χ3v) is 6.67. The van der Waals surface area contributed by atoms with Crippen molar-refractivity contribution in [3.05, 3.63) is 97.8 Å². The van der Waals surface area contributed by atoms with Crippen LogP contribution in [0.15, 0.2) is 71.5 Å². The van der Waals surface area contributed by atoms with Crippen LogP contribution in [0, 0.1) is 6.92 Å². The average Bonchev–Trinajstić information content (AvgIpc) is 3.33. The molecule has 0 fully saturated rings. The van der Waals surface area contributed by atoms with Gasteiger partial charge in [-0.3, -0.25) is 4.79 Å². The van der Waals surface area contributed by atoms with E-state index in [-0.39, 0.29) is 5.56 Å². The summed E-state index contributed by atoms with van der Waals surface area (Å²) in [6.45, 7) is 3.07. The van der Waals surface area contributed by atoms with E-state index in [9.17, 15) is 4.79 Å². The van der Waals surface area contributed by atoms with Gasteiger partial charge in [0.15, 0.2) is 4.96 Å². The molecule has 0 saturated carbocycles. The van der Waals surface area contributed by atoms with Gasteiger partial charge in [-0.2, -0.15) is 0 Å². The molecule has 166 valence electrons. The van der Waals surface area contributed by atoms with Gasteiger partial charge in [0, 0.05) is 11.4 Å². The molecule has 0 unspecified atom stereocenters. The van der Waals surface area contributed by atoms with Crippen molar-refractivity contribution in [1.29, 1.82) is 0 Å². The first-order valence-corrected chi connectivity index (χ1v) is 11.8. The Morgan fingerprint density at radius 1 is 1.00 bits per heavy atom. The van der Waals surface area contributed by atoms with Crippen LogP contribution in [-0.4, -0.2) is 22.6 Å². The standard InChI is InChI=1S/C26H21ClN2O3S/c1-17-15-20(11-12-21(17)27)32-14-4-13-31-19-9-7-18(8-10-19)16-24-25(30)29-23-6-3-2-5-22(23)28-26(29)33-24/h2-3,5-12,15-16H,4,13-14H2,1H3. The Bertz CT molecular complexity index is 1540. The predicted octanol–water partition coefficient (Wildman–Crippen LogP) is 5.27. The van der Waals surface area contributed by atoms with Gasteiger partial charge in [-0.25, -0.2) is 9.38 Å². The number of rotatable bonds is 7. The van der Waals surface area contributed by atoms with Crippen molar-refractivity contribution >= 4 is 45.0 Å². The van der Waals surface area contributed by atoms with Gasteiger partial charge in [-0.15, -0.1) is 0 Å². The molecule has 0 aliphatic rings. The second-order valence-corrected chi connectivity index (χ2v) is 9.08. The van der Waals surface area contributed by atoms with E-state index in [1.165, 1.54) is 11.3 Å². The summed E-state index contributed by atoms with van der Waals surface area (Å²) < 4.78 is 13.9. The minimum atomic E-state index is -0.0418. The fourth-order valence-electron chi connectivity index (χ4n) is 3.57. The summed E-state index contributed by atoms with van der Waals surface area (Å²) in [4.78, 5) is 18.1. The Labute approximate surface area is 199 Å². The van der Waals surface area contributed by atoms with Crippen molar-refractivity contribution in [3.63, 3.8) is 0 Å². The lowest BCUT2D eigenvalue weighted by molar-refractivity contribution is 0.247. The van der Waals surface area contributed by atoms with Gasteiger partial charge in [0.2, 0.25) is 0 Å². The van der Waals surface area contributed by atoms with Crippen molar-refractivity contribution < 1.29 is 9.47 Å². The topological polar surface area (TPSA) is 52.8 Å². The zero-order valence-corrected chi connectivity index (χ0v) is 19.5. The summed E-state index contributed by atoms with van der Waals surface area (Å²) in [6.07, 6.45) is 2.65. The highest BCUT2D eigenvalue weighted by Crippen LogP contribution is 2.21. The zero-order chi connectivity index (χ0) is 22.8. The first-order chi connectivity index (χ1) is 16.1. The molecule has 0 aliphatic carbocycles. The highest BCUT2D eigenvalue weighted by Gasteiger charge is 2.10. The summed E-state index contributed by atoms with van der Waals surface area (Å²) in [5.41, 5.74) is 3.57. The zero-order valence-electron chi connectivity index (χ0n) is 18.0. The number of halogens is 1. The molecule has 0 amide bonds. The summed E-state index contributed by atoms with van der Waals surface area (Å²) in [5.74, 6) is 1.59. The second kappa shape index (κ2) is 9.25. The third-order valence-electron chi connectivity index (χ3n) is 5.28. The highest BCUT2D eigenvalue weighted by atomic mass is 35.5. The largest absolute Gasteiger partial charge is 0.493 e. The Kier molecular flexibility index (Phi) is 6.03. The Morgan fingerprint density at radius 2 is 1.73 bits per heavy atom. The first-order valence-electron chi connectivity index (χ1n) is 10.6. The van der Waals surface area contributed by atoms with Crippen LogP contribution in [0.2, 0.25) is 5.02 Å². The molecule has 7 heteroatoms.